The number of carboxylic acids is 1. The average Bonchev–Trinajstić information content (AvgIpc) is 2.25. The Hall–Kier alpha value is -2.18. The van der Waals surface area contributed by atoms with Crippen LogP contribution in [0, 0.1) is 6.92 Å². The maximum atomic E-state index is 11.8. The van der Waals surface area contributed by atoms with Crippen LogP contribution >= 0.6 is 0 Å². The van der Waals surface area contributed by atoms with Gasteiger partial charge in [0.05, 0.1) is 23.9 Å². The maximum Gasteiger partial charge on any atom is 0.408 e. The lowest BCUT2D eigenvalue weighted by Gasteiger charge is -2.23. The van der Waals surface area contributed by atoms with Gasteiger partial charge in [-0.15, -0.1) is 0 Å². The molecule has 110 valence electrons. The van der Waals surface area contributed by atoms with Crippen LogP contribution < -0.4 is 5.32 Å². The molecule has 7 heteroatoms. The Morgan fingerprint density at radius 2 is 1.95 bits per heavy atom. The van der Waals surface area contributed by atoms with Gasteiger partial charge in [0.25, 0.3) is 0 Å². The fourth-order valence-corrected chi connectivity index (χ4v) is 1.60. The van der Waals surface area contributed by atoms with Crippen molar-refractivity contribution >= 4 is 12.1 Å². The first-order chi connectivity index (χ1) is 9.19. The van der Waals surface area contributed by atoms with E-state index in [0.29, 0.717) is 11.4 Å². The number of aliphatic carboxylic acids is 1. The van der Waals surface area contributed by atoms with E-state index in [-0.39, 0.29) is 6.42 Å². The van der Waals surface area contributed by atoms with E-state index in [1.54, 1.807) is 27.7 Å². The second kappa shape index (κ2) is 6.31. The van der Waals surface area contributed by atoms with Crippen molar-refractivity contribution in [3.63, 3.8) is 0 Å². The topological polar surface area (TPSA) is 101 Å². The smallest absolute Gasteiger partial charge is 0.408 e. The van der Waals surface area contributed by atoms with Gasteiger partial charge in [-0.3, -0.25) is 14.8 Å². The normalized spacial score (nSPS) is 12.6. The molecule has 1 atom stereocenters. The summed E-state index contributed by atoms with van der Waals surface area (Å²) in [5.41, 5.74) is 0.325. The molecule has 1 heterocycles. The Kier molecular flexibility index (Phi) is 5.01. The Balaban J connectivity index is 2.88. The van der Waals surface area contributed by atoms with Crippen molar-refractivity contribution in [1.29, 1.82) is 0 Å². The first kappa shape index (κ1) is 15.9. The van der Waals surface area contributed by atoms with Gasteiger partial charge in [-0.2, -0.15) is 0 Å². The van der Waals surface area contributed by atoms with Crippen LogP contribution in [0.4, 0.5) is 4.79 Å². The van der Waals surface area contributed by atoms with Gasteiger partial charge in [0.2, 0.25) is 0 Å². The van der Waals surface area contributed by atoms with Crippen molar-refractivity contribution in [2.24, 2.45) is 0 Å². The van der Waals surface area contributed by atoms with E-state index in [0.717, 1.165) is 0 Å². The van der Waals surface area contributed by atoms with Crippen LogP contribution in [0.2, 0.25) is 0 Å². The van der Waals surface area contributed by atoms with Crippen LogP contribution in [0.15, 0.2) is 12.4 Å². The number of amides is 1. The number of aryl methyl sites for hydroxylation is 1. The molecule has 0 unspecified atom stereocenters. The molecular weight excluding hydrogens is 262 g/mol. The van der Waals surface area contributed by atoms with E-state index >= 15 is 0 Å². The predicted octanol–water partition coefficient (Wildman–Crippen LogP) is 1.83. The van der Waals surface area contributed by atoms with Crippen LogP contribution in [0.1, 0.15) is 44.6 Å². The number of carbonyl (C=O) groups is 2. The summed E-state index contributed by atoms with van der Waals surface area (Å²) in [6.45, 7) is 6.89. The Labute approximate surface area is 117 Å². The van der Waals surface area contributed by atoms with Crippen LogP contribution in [0.25, 0.3) is 0 Å². The van der Waals surface area contributed by atoms with Gasteiger partial charge in [0.15, 0.2) is 0 Å². The molecule has 7 nitrogen and oxygen atoms in total. The molecule has 0 spiro atoms. The molecule has 0 saturated heterocycles. The second-order valence-electron chi connectivity index (χ2n) is 5.32. The Morgan fingerprint density at radius 3 is 2.45 bits per heavy atom. The fraction of sp³-hybridized carbons (Fsp3) is 0.538. The van der Waals surface area contributed by atoms with Gasteiger partial charge in [-0.1, -0.05) is 0 Å². The summed E-state index contributed by atoms with van der Waals surface area (Å²) in [5.74, 6) is -1.05. The fourth-order valence-electron chi connectivity index (χ4n) is 1.60. The van der Waals surface area contributed by atoms with E-state index in [2.05, 4.69) is 15.3 Å². The van der Waals surface area contributed by atoms with Crippen molar-refractivity contribution < 1.29 is 19.4 Å². The number of aromatic nitrogens is 2. The first-order valence-electron chi connectivity index (χ1n) is 6.18. The monoisotopic (exact) mass is 281 g/mol. The van der Waals surface area contributed by atoms with Crippen LogP contribution in [-0.2, 0) is 9.53 Å². The quantitative estimate of drug-likeness (QED) is 0.873. The molecule has 0 aliphatic carbocycles. The molecule has 2 N–H and O–H groups in total. The lowest BCUT2D eigenvalue weighted by molar-refractivity contribution is -0.137. The number of hydrogen-bond acceptors (Lipinski definition) is 5. The van der Waals surface area contributed by atoms with E-state index < -0.39 is 23.7 Å². The minimum atomic E-state index is -1.05. The number of carboxylic acid groups (broad SMARTS) is 1. The molecule has 0 aliphatic rings. The lowest BCUT2D eigenvalue weighted by Crippen LogP contribution is -2.36. The number of ether oxygens (including phenoxy) is 1. The van der Waals surface area contributed by atoms with Gasteiger partial charge >= 0.3 is 12.1 Å². The number of rotatable bonds is 4. The molecule has 0 aliphatic heterocycles. The van der Waals surface area contributed by atoms with E-state index in [9.17, 15) is 9.59 Å². The summed E-state index contributed by atoms with van der Waals surface area (Å²) < 4.78 is 5.12. The molecule has 0 aromatic carbocycles. The number of alkyl carbamates (subject to hydrolysis) is 1. The van der Waals surface area contributed by atoms with Crippen LogP contribution in [-0.4, -0.2) is 32.7 Å². The SMILES string of the molecule is Cc1nccnc1[C@H](CC(=O)O)NC(=O)OC(C)(C)C. The number of hydrogen-bond donors (Lipinski definition) is 2. The van der Waals surface area contributed by atoms with Crippen molar-refractivity contribution in [3.05, 3.63) is 23.8 Å². The zero-order chi connectivity index (χ0) is 15.3. The second-order valence-corrected chi connectivity index (χ2v) is 5.32. The molecule has 1 aromatic rings. The highest BCUT2D eigenvalue weighted by Crippen LogP contribution is 2.18. The van der Waals surface area contributed by atoms with Gasteiger partial charge in [-0.05, 0) is 27.7 Å². The van der Waals surface area contributed by atoms with Crippen molar-refractivity contribution in [3.8, 4) is 0 Å². The van der Waals surface area contributed by atoms with Crippen LogP contribution in [0.5, 0.6) is 0 Å². The zero-order valence-corrected chi connectivity index (χ0v) is 12.0. The van der Waals surface area contributed by atoms with Crippen molar-refractivity contribution in [1.82, 2.24) is 15.3 Å². The maximum absolute atomic E-state index is 11.8. The van der Waals surface area contributed by atoms with Gasteiger partial charge < -0.3 is 15.2 Å². The van der Waals surface area contributed by atoms with E-state index in [1.807, 2.05) is 0 Å². The molecule has 0 saturated carbocycles. The molecule has 0 radical (unpaired) electrons. The highest BCUT2D eigenvalue weighted by atomic mass is 16.6. The summed E-state index contributed by atoms with van der Waals surface area (Å²) in [6, 6.07) is -0.781. The van der Waals surface area contributed by atoms with Gasteiger partial charge in [0.1, 0.15) is 5.60 Å². The summed E-state index contributed by atoms with van der Waals surface area (Å²) in [7, 11) is 0. The van der Waals surface area contributed by atoms with Gasteiger partial charge in [-0.25, -0.2) is 4.79 Å². The third kappa shape index (κ3) is 5.21. The average molecular weight is 281 g/mol. The first-order valence-corrected chi connectivity index (χ1v) is 6.18. The van der Waals surface area contributed by atoms with Crippen molar-refractivity contribution in [2.75, 3.05) is 0 Å². The largest absolute Gasteiger partial charge is 0.481 e. The minimum absolute atomic E-state index is 0.293. The van der Waals surface area contributed by atoms with Crippen molar-refractivity contribution in [2.45, 2.75) is 45.8 Å². The Bertz CT molecular complexity index is 497. The number of carbonyl (C=O) groups excluding carboxylic acids is 1. The third-order valence-electron chi connectivity index (χ3n) is 2.32. The molecule has 20 heavy (non-hydrogen) atoms. The zero-order valence-electron chi connectivity index (χ0n) is 12.0. The summed E-state index contributed by atoms with van der Waals surface area (Å²) in [5, 5.41) is 11.5. The molecule has 0 fully saturated rings. The molecular formula is C13H19N3O4. The Morgan fingerprint density at radius 1 is 1.35 bits per heavy atom. The number of nitrogens with zero attached hydrogens (tertiary/aromatic N) is 2. The van der Waals surface area contributed by atoms with Crippen LogP contribution in [0.3, 0.4) is 0 Å². The molecule has 1 amide bonds. The summed E-state index contributed by atoms with van der Waals surface area (Å²) >= 11 is 0. The van der Waals surface area contributed by atoms with Gasteiger partial charge in [0, 0.05) is 12.4 Å². The van der Waals surface area contributed by atoms with E-state index in [1.165, 1.54) is 12.4 Å². The summed E-state index contributed by atoms with van der Waals surface area (Å²) in [4.78, 5) is 30.8. The predicted molar refractivity (Wildman–Crippen MR) is 71.1 cm³/mol. The minimum Gasteiger partial charge on any atom is -0.481 e. The van der Waals surface area contributed by atoms with E-state index in [4.69, 9.17) is 9.84 Å². The molecule has 1 rings (SSSR count). The molecule has 1 aromatic heterocycles. The lowest BCUT2D eigenvalue weighted by atomic mass is 10.1. The molecule has 0 bridgehead atoms. The number of nitrogens with one attached hydrogen (secondary N) is 1. The highest BCUT2D eigenvalue weighted by Gasteiger charge is 2.24. The standard InChI is InChI=1S/C13H19N3O4/c1-8-11(15-6-5-14-8)9(7-10(17)18)16-12(19)20-13(2,3)4/h5-6,9H,7H2,1-4H3,(H,16,19)(H,17,18)/t9-/m0/s1. The third-order valence-corrected chi connectivity index (χ3v) is 2.32. The highest BCUT2D eigenvalue weighted by molar-refractivity contribution is 5.72. The summed E-state index contributed by atoms with van der Waals surface area (Å²) in [6.07, 6.45) is 1.98.